The van der Waals surface area contributed by atoms with Crippen LogP contribution in [0, 0.1) is 0 Å². The van der Waals surface area contributed by atoms with Crippen LogP contribution in [0.25, 0.3) is 6.08 Å². The Kier molecular flexibility index (Phi) is 7.80. The predicted molar refractivity (Wildman–Crippen MR) is 111 cm³/mol. The molecule has 0 aliphatic heterocycles. The lowest BCUT2D eigenvalue weighted by molar-refractivity contribution is -0.120. The second-order valence-corrected chi connectivity index (χ2v) is 6.54. The SMILES string of the molecule is C=Cc1ccccc1CN(C(=O)CCCCC(N)=O)c1ccccc1CC. The molecule has 0 fully saturated rings. The summed E-state index contributed by atoms with van der Waals surface area (Å²) >= 11 is 0. The molecule has 0 aliphatic rings. The lowest BCUT2D eigenvalue weighted by atomic mass is 10.0. The van der Waals surface area contributed by atoms with E-state index in [2.05, 4.69) is 19.6 Å². The molecule has 0 unspecified atom stereocenters. The molecule has 0 heterocycles. The summed E-state index contributed by atoms with van der Waals surface area (Å²) < 4.78 is 0. The van der Waals surface area contributed by atoms with E-state index >= 15 is 0 Å². The fourth-order valence-corrected chi connectivity index (χ4v) is 3.14. The molecule has 2 N–H and O–H groups in total. The van der Waals surface area contributed by atoms with Gasteiger partial charge in [-0.15, -0.1) is 0 Å². The number of nitrogens with zero attached hydrogens (tertiary/aromatic N) is 1. The van der Waals surface area contributed by atoms with Crippen LogP contribution < -0.4 is 10.6 Å². The summed E-state index contributed by atoms with van der Waals surface area (Å²) in [5, 5.41) is 0. The molecule has 2 aromatic rings. The first-order valence-corrected chi connectivity index (χ1v) is 9.43. The Morgan fingerprint density at radius 1 is 1.00 bits per heavy atom. The molecule has 0 bridgehead atoms. The van der Waals surface area contributed by atoms with Gasteiger partial charge in [0.1, 0.15) is 0 Å². The van der Waals surface area contributed by atoms with Crippen LogP contribution in [0.1, 0.15) is 49.3 Å². The number of hydrogen-bond acceptors (Lipinski definition) is 2. The molecule has 4 heteroatoms. The first-order chi connectivity index (χ1) is 13.1. The van der Waals surface area contributed by atoms with Crippen molar-refractivity contribution in [2.75, 3.05) is 4.90 Å². The molecule has 142 valence electrons. The Labute approximate surface area is 161 Å². The zero-order valence-electron chi connectivity index (χ0n) is 16.0. The van der Waals surface area contributed by atoms with E-state index in [1.807, 2.05) is 53.4 Å². The summed E-state index contributed by atoms with van der Waals surface area (Å²) in [6.45, 7) is 6.46. The molecule has 2 rings (SSSR count). The number of para-hydroxylation sites is 1. The van der Waals surface area contributed by atoms with Crippen LogP contribution in [0.3, 0.4) is 0 Å². The zero-order valence-corrected chi connectivity index (χ0v) is 16.0. The molecule has 2 aromatic carbocycles. The number of primary amides is 1. The molecule has 4 nitrogen and oxygen atoms in total. The van der Waals surface area contributed by atoms with Crippen LogP contribution in [0.2, 0.25) is 0 Å². The third-order valence-corrected chi connectivity index (χ3v) is 4.63. The maximum Gasteiger partial charge on any atom is 0.227 e. The van der Waals surface area contributed by atoms with Crippen LogP contribution in [0.5, 0.6) is 0 Å². The second kappa shape index (κ2) is 10.3. The zero-order chi connectivity index (χ0) is 19.6. The summed E-state index contributed by atoms with van der Waals surface area (Å²) in [5.74, 6) is -0.269. The third-order valence-electron chi connectivity index (χ3n) is 4.63. The number of amides is 2. The van der Waals surface area contributed by atoms with Gasteiger partial charge in [0.05, 0.1) is 6.54 Å². The Bertz CT molecular complexity index is 798. The van der Waals surface area contributed by atoms with Crippen molar-refractivity contribution in [1.29, 1.82) is 0 Å². The van der Waals surface area contributed by atoms with E-state index in [4.69, 9.17) is 5.73 Å². The number of carbonyl (C=O) groups is 2. The van der Waals surface area contributed by atoms with Crippen molar-refractivity contribution >= 4 is 23.6 Å². The van der Waals surface area contributed by atoms with Crippen molar-refractivity contribution in [3.63, 3.8) is 0 Å². The number of carbonyl (C=O) groups excluding carboxylic acids is 2. The van der Waals surface area contributed by atoms with Gasteiger partial charge >= 0.3 is 0 Å². The minimum absolute atomic E-state index is 0.0548. The van der Waals surface area contributed by atoms with Crippen LogP contribution in [0.15, 0.2) is 55.1 Å². The van der Waals surface area contributed by atoms with E-state index in [-0.39, 0.29) is 11.8 Å². The van der Waals surface area contributed by atoms with E-state index in [1.54, 1.807) is 0 Å². The van der Waals surface area contributed by atoms with Gasteiger partial charge in [-0.25, -0.2) is 0 Å². The monoisotopic (exact) mass is 364 g/mol. The highest BCUT2D eigenvalue weighted by atomic mass is 16.2. The molecule has 0 radical (unpaired) electrons. The molecule has 0 aliphatic carbocycles. The standard InChI is InChI=1S/C23H28N2O2/c1-3-18-11-5-6-13-20(18)17-25(21-14-8-7-12-19(21)4-2)23(27)16-10-9-15-22(24)26/h3,5-8,11-14H,1,4,9-10,15-17H2,2H3,(H2,24,26). The second-order valence-electron chi connectivity index (χ2n) is 6.54. The topological polar surface area (TPSA) is 63.4 Å². The van der Waals surface area contributed by atoms with Crippen molar-refractivity contribution < 1.29 is 9.59 Å². The Morgan fingerprint density at radius 2 is 1.63 bits per heavy atom. The van der Waals surface area contributed by atoms with E-state index in [1.165, 1.54) is 0 Å². The Balaban J connectivity index is 2.26. The number of hydrogen-bond donors (Lipinski definition) is 1. The molecule has 27 heavy (non-hydrogen) atoms. The normalized spacial score (nSPS) is 10.4. The van der Waals surface area contributed by atoms with Gasteiger partial charge < -0.3 is 10.6 Å². The summed E-state index contributed by atoms with van der Waals surface area (Å²) in [6.07, 6.45) is 4.66. The summed E-state index contributed by atoms with van der Waals surface area (Å²) in [6, 6.07) is 16.0. The molecule has 0 atom stereocenters. The van der Waals surface area contributed by atoms with Gasteiger partial charge in [0.15, 0.2) is 0 Å². The molecule has 0 saturated carbocycles. The van der Waals surface area contributed by atoms with Gasteiger partial charge in [-0.1, -0.05) is 62.0 Å². The van der Waals surface area contributed by atoms with Crippen molar-refractivity contribution in [3.05, 3.63) is 71.8 Å². The summed E-state index contributed by atoms with van der Waals surface area (Å²) in [4.78, 5) is 25.8. The van der Waals surface area contributed by atoms with E-state index < -0.39 is 0 Å². The number of unbranched alkanes of at least 4 members (excludes halogenated alkanes) is 1. The Morgan fingerprint density at radius 3 is 2.30 bits per heavy atom. The number of benzene rings is 2. The van der Waals surface area contributed by atoms with Gasteiger partial charge in [0.25, 0.3) is 0 Å². The van der Waals surface area contributed by atoms with Crippen LogP contribution in [-0.4, -0.2) is 11.8 Å². The van der Waals surface area contributed by atoms with Crippen molar-refractivity contribution in [3.8, 4) is 0 Å². The summed E-state index contributed by atoms with van der Waals surface area (Å²) in [5.41, 5.74) is 9.35. The highest BCUT2D eigenvalue weighted by Gasteiger charge is 2.19. The number of anilines is 1. The molecule has 0 spiro atoms. The maximum atomic E-state index is 13.0. The fraction of sp³-hybridized carbons (Fsp3) is 0.304. The molecule has 0 aromatic heterocycles. The smallest absolute Gasteiger partial charge is 0.227 e. The van der Waals surface area contributed by atoms with Crippen molar-refractivity contribution in [2.24, 2.45) is 5.73 Å². The average molecular weight is 364 g/mol. The minimum Gasteiger partial charge on any atom is -0.370 e. The lowest BCUT2D eigenvalue weighted by Crippen LogP contribution is -2.31. The van der Waals surface area contributed by atoms with Gasteiger partial charge in [0, 0.05) is 18.5 Å². The van der Waals surface area contributed by atoms with E-state index in [0.717, 1.165) is 28.8 Å². The Hall–Kier alpha value is -2.88. The quantitative estimate of drug-likeness (QED) is 0.632. The van der Waals surface area contributed by atoms with Crippen LogP contribution in [0.4, 0.5) is 5.69 Å². The maximum absolute atomic E-state index is 13.0. The third kappa shape index (κ3) is 5.81. The predicted octanol–water partition coefficient (Wildman–Crippen LogP) is 4.47. The van der Waals surface area contributed by atoms with E-state index in [9.17, 15) is 9.59 Å². The first kappa shape index (κ1) is 20.4. The van der Waals surface area contributed by atoms with E-state index in [0.29, 0.717) is 32.2 Å². The fourth-order valence-electron chi connectivity index (χ4n) is 3.14. The van der Waals surface area contributed by atoms with Crippen molar-refractivity contribution in [1.82, 2.24) is 0 Å². The van der Waals surface area contributed by atoms with Gasteiger partial charge in [0.2, 0.25) is 11.8 Å². The molecule has 2 amide bonds. The van der Waals surface area contributed by atoms with Crippen molar-refractivity contribution in [2.45, 2.75) is 45.6 Å². The number of rotatable bonds is 10. The van der Waals surface area contributed by atoms with Gasteiger partial charge in [-0.05, 0) is 42.0 Å². The summed E-state index contributed by atoms with van der Waals surface area (Å²) in [7, 11) is 0. The van der Waals surface area contributed by atoms with Crippen LogP contribution in [-0.2, 0) is 22.6 Å². The van der Waals surface area contributed by atoms with Crippen LogP contribution >= 0.6 is 0 Å². The number of nitrogens with two attached hydrogens (primary N) is 1. The molecule has 0 saturated heterocycles. The number of aryl methyl sites for hydroxylation is 1. The highest BCUT2D eigenvalue weighted by Crippen LogP contribution is 2.25. The highest BCUT2D eigenvalue weighted by molar-refractivity contribution is 5.94. The minimum atomic E-state index is -0.324. The largest absolute Gasteiger partial charge is 0.370 e. The first-order valence-electron chi connectivity index (χ1n) is 9.43. The van der Waals surface area contributed by atoms with Gasteiger partial charge in [-0.3, -0.25) is 9.59 Å². The van der Waals surface area contributed by atoms with Gasteiger partial charge in [-0.2, -0.15) is 0 Å². The molecular formula is C23H28N2O2. The lowest BCUT2D eigenvalue weighted by Gasteiger charge is -2.26. The molecular weight excluding hydrogens is 336 g/mol. The average Bonchev–Trinajstić information content (AvgIpc) is 2.69.